The molecule has 0 radical (unpaired) electrons. The zero-order valence-corrected chi connectivity index (χ0v) is 13.3. The van der Waals surface area contributed by atoms with Crippen LogP contribution in [0.5, 0.6) is 11.5 Å². The van der Waals surface area contributed by atoms with Crippen LogP contribution in [0.15, 0.2) is 42.5 Å². The lowest BCUT2D eigenvalue weighted by atomic mass is 10.1. The van der Waals surface area contributed by atoms with Gasteiger partial charge in [0, 0.05) is 22.7 Å². The summed E-state index contributed by atoms with van der Waals surface area (Å²) in [7, 11) is 3.20. The van der Waals surface area contributed by atoms with Gasteiger partial charge in [0.05, 0.1) is 14.2 Å². The maximum Gasteiger partial charge on any atom is 0.224 e. The number of carbonyl (C=O) groups excluding carboxylic acids is 1. The Bertz CT molecular complexity index is 636. The predicted molar refractivity (Wildman–Crippen MR) is 87.9 cm³/mol. The van der Waals surface area contributed by atoms with Crippen LogP contribution in [-0.2, 0) is 11.2 Å². The SMILES string of the molecule is COc1cccc(OC)c1CCC(=O)Nc1cccc(Cl)c1. The lowest BCUT2D eigenvalue weighted by molar-refractivity contribution is -0.116. The Morgan fingerprint density at radius 3 is 2.32 bits per heavy atom. The molecule has 0 spiro atoms. The van der Waals surface area contributed by atoms with E-state index in [1.165, 1.54) is 0 Å². The minimum atomic E-state index is -0.0878. The van der Waals surface area contributed by atoms with Crippen LogP contribution in [0.1, 0.15) is 12.0 Å². The number of halogens is 1. The van der Waals surface area contributed by atoms with Crippen LogP contribution in [0.3, 0.4) is 0 Å². The van der Waals surface area contributed by atoms with Crippen molar-refractivity contribution in [1.82, 2.24) is 0 Å². The second kappa shape index (κ2) is 7.71. The van der Waals surface area contributed by atoms with Crippen molar-refractivity contribution in [3.05, 3.63) is 53.1 Å². The number of amides is 1. The van der Waals surface area contributed by atoms with Crippen LogP contribution in [0.2, 0.25) is 5.02 Å². The maximum absolute atomic E-state index is 12.1. The molecule has 0 atom stereocenters. The molecule has 116 valence electrons. The fourth-order valence-electron chi connectivity index (χ4n) is 2.20. The molecule has 0 fully saturated rings. The first-order chi connectivity index (χ1) is 10.6. The van der Waals surface area contributed by atoms with E-state index in [4.69, 9.17) is 21.1 Å². The molecule has 22 heavy (non-hydrogen) atoms. The summed E-state index contributed by atoms with van der Waals surface area (Å²) in [5.41, 5.74) is 1.57. The van der Waals surface area contributed by atoms with Crippen molar-refractivity contribution < 1.29 is 14.3 Å². The van der Waals surface area contributed by atoms with Crippen LogP contribution in [0.4, 0.5) is 5.69 Å². The van der Waals surface area contributed by atoms with Gasteiger partial charge in [-0.25, -0.2) is 0 Å². The number of methoxy groups -OCH3 is 2. The van der Waals surface area contributed by atoms with Crippen LogP contribution < -0.4 is 14.8 Å². The summed E-state index contributed by atoms with van der Waals surface area (Å²) in [6.45, 7) is 0. The third kappa shape index (κ3) is 4.15. The molecule has 0 bridgehead atoms. The van der Waals surface area contributed by atoms with E-state index in [0.717, 1.165) is 17.1 Å². The van der Waals surface area contributed by atoms with Gasteiger partial charge in [-0.2, -0.15) is 0 Å². The van der Waals surface area contributed by atoms with Gasteiger partial charge in [-0.3, -0.25) is 4.79 Å². The van der Waals surface area contributed by atoms with Gasteiger partial charge in [-0.15, -0.1) is 0 Å². The molecule has 0 heterocycles. The summed E-state index contributed by atoms with van der Waals surface area (Å²) < 4.78 is 10.6. The van der Waals surface area contributed by atoms with Gasteiger partial charge in [0.1, 0.15) is 11.5 Å². The summed E-state index contributed by atoms with van der Waals surface area (Å²) in [5, 5.41) is 3.41. The van der Waals surface area contributed by atoms with Gasteiger partial charge in [0.15, 0.2) is 0 Å². The lowest BCUT2D eigenvalue weighted by Crippen LogP contribution is -2.12. The quantitative estimate of drug-likeness (QED) is 0.877. The Kier molecular flexibility index (Phi) is 5.67. The number of ether oxygens (including phenoxy) is 2. The standard InChI is InChI=1S/C17H18ClNO3/c1-21-15-7-4-8-16(22-2)14(15)9-10-17(20)19-13-6-3-5-12(18)11-13/h3-8,11H,9-10H2,1-2H3,(H,19,20). The molecule has 1 amide bonds. The van der Waals surface area contributed by atoms with E-state index < -0.39 is 0 Å². The molecule has 0 aliphatic rings. The number of rotatable bonds is 6. The highest BCUT2D eigenvalue weighted by Crippen LogP contribution is 2.29. The van der Waals surface area contributed by atoms with Crippen molar-refractivity contribution in [3.8, 4) is 11.5 Å². The van der Waals surface area contributed by atoms with Crippen molar-refractivity contribution >= 4 is 23.2 Å². The summed E-state index contributed by atoms with van der Waals surface area (Å²) >= 11 is 5.90. The average molecular weight is 320 g/mol. The second-order valence-corrected chi connectivity index (χ2v) is 5.14. The highest BCUT2D eigenvalue weighted by molar-refractivity contribution is 6.30. The minimum absolute atomic E-state index is 0.0878. The Hall–Kier alpha value is -2.20. The van der Waals surface area contributed by atoms with Gasteiger partial charge in [-0.1, -0.05) is 23.7 Å². The number of benzene rings is 2. The largest absolute Gasteiger partial charge is 0.496 e. The smallest absolute Gasteiger partial charge is 0.224 e. The van der Waals surface area contributed by atoms with E-state index in [1.54, 1.807) is 38.5 Å². The number of hydrogen-bond donors (Lipinski definition) is 1. The minimum Gasteiger partial charge on any atom is -0.496 e. The topological polar surface area (TPSA) is 47.6 Å². The van der Waals surface area contributed by atoms with Crippen LogP contribution in [0, 0.1) is 0 Å². The Labute approximate surface area is 135 Å². The molecule has 0 aromatic heterocycles. The lowest BCUT2D eigenvalue weighted by Gasteiger charge is -2.13. The van der Waals surface area contributed by atoms with Crippen LogP contribution >= 0.6 is 11.6 Å². The first-order valence-corrected chi connectivity index (χ1v) is 7.27. The second-order valence-electron chi connectivity index (χ2n) is 4.70. The number of hydrogen-bond acceptors (Lipinski definition) is 3. The maximum atomic E-state index is 12.1. The zero-order chi connectivity index (χ0) is 15.9. The van der Waals surface area contributed by atoms with E-state index in [2.05, 4.69) is 5.32 Å². The van der Waals surface area contributed by atoms with E-state index in [0.29, 0.717) is 23.6 Å². The van der Waals surface area contributed by atoms with Crippen LogP contribution in [-0.4, -0.2) is 20.1 Å². The molecular formula is C17H18ClNO3. The normalized spacial score (nSPS) is 10.1. The third-order valence-electron chi connectivity index (χ3n) is 3.24. The van der Waals surface area contributed by atoms with Crippen molar-refractivity contribution in [2.75, 3.05) is 19.5 Å². The average Bonchev–Trinajstić information content (AvgIpc) is 2.52. The Morgan fingerprint density at radius 1 is 1.09 bits per heavy atom. The van der Waals surface area contributed by atoms with E-state index in [1.807, 2.05) is 18.2 Å². The molecular weight excluding hydrogens is 302 g/mol. The molecule has 0 unspecified atom stereocenters. The van der Waals surface area contributed by atoms with Crippen molar-refractivity contribution in [2.24, 2.45) is 0 Å². The first-order valence-electron chi connectivity index (χ1n) is 6.89. The summed E-state index contributed by atoms with van der Waals surface area (Å²) in [6, 6.07) is 12.6. The summed E-state index contributed by atoms with van der Waals surface area (Å²) in [6.07, 6.45) is 0.850. The van der Waals surface area contributed by atoms with Crippen molar-refractivity contribution in [2.45, 2.75) is 12.8 Å². The number of anilines is 1. The van der Waals surface area contributed by atoms with Gasteiger partial charge >= 0.3 is 0 Å². The Morgan fingerprint density at radius 2 is 1.73 bits per heavy atom. The van der Waals surface area contributed by atoms with Crippen molar-refractivity contribution in [3.63, 3.8) is 0 Å². The number of carbonyl (C=O) groups is 1. The van der Waals surface area contributed by atoms with Gasteiger partial charge < -0.3 is 14.8 Å². The van der Waals surface area contributed by atoms with Gasteiger partial charge in [-0.05, 0) is 36.8 Å². The first kappa shape index (κ1) is 16.2. The molecule has 0 saturated heterocycles. The van der Waals surface area contributed by atoms with Crippen molar-refractivity contribution in [1.29, 1.82) is 0 Å². The van der Waals surface area contributed by atoms with E-state index in [9.17, 15) is 4.79 Å². The molecule has 0 saturated carbocycles. The highest BCUT2D eigenvalue weighted by atomic mass is 35.5. The summed E-state index contributed by atoms with van der Waals surface area (Å²) in [5.74, 6) is 1.35. The number of nitrogens with one attached hydrogen (secondary N) is 1. The van der Waals surface area contributed by atoms with Gasteiger partial charge in [0.25, 0.3) is 0 Å². The van der Waals surface area contributed by atoms with E-state index >= 15 is 0 Å². The van der Waals surface area contributed by atoms with E-state index in [-0.39, 0.29) is 5.91 Å². The molecule has 2 aromatic carbocycles. The molecule has 1 N–H and O–H groups in total. The zero-order valence-electron chi connectivity index (χ0n) is 12.6. The Balaban J connectivity index is 2.02. The molecule has 5 heteroatoms. The third-order valence-corrected chi connectivity index (χ3v) is 3.48. The predicted octanol–water partition coefficient (Wildman–Crippen LogP) is 3.93. The molecule has 0 aliphatic heterocycles. The monoisotopic (exact) mass is 319 g/mol. The molecule has 2 aromatic rings. The highest BCUT2D eigenvalue weighted by Gasteiger charge is 2.12. The van der Waals surface area contributed by atoms with Crippen LogP contribution in [0.25, 0.3) is 0 Å². The molecule has 0 aliphatic carbocycles. The summed E-state index contributed by atoms with van der Waals surface area (Å²) in [4.78, 5) is 12.1. The molecule has 4 nitrogen and oxygen atoms in total. The molecule has 2 rings (SSSR count). The fourth-order valence-corrected chi connectivity index (χ4v) is 2.39. The fraction of sp³-hybridized carbons (Fsp3) is 0.235. The van der Waals surface area contributed by atoms with Gasteiger partial charge in [0.2, 0.25) is 5.91 Å².